The largest absolute Gasteiger partial charge is 0.377 e. The molecule has 1 aliphatic heterocycles. The summed E-state index contributed by atoms with van der Waals surface area (Å²) in [5.74, 6) is 1.59. The highest BCUT2D eigenvalue weighted by molar-refractivity contribution is 5.04. The number of ether oxygens (including phenoxy) is 1. The SMILES string of the molecule is COCc1cc(CN(CC2CCNCC2)C(C)C)no1. The molecule has 1 saturated heterocycles. The van der Waals surface area contributed by atoms with Gasteiger partial charge in [-0.25, -0.2) is 0 Å². The van der Waals surface area contributed by atoms with Crippen molar-refractivity contribution in [3.63, 3.8) is 0 Å². The predicted molar refractivity (Wildman–Crippen MR) is 78.4 cm³/mol. The smallest absolute Gasteiger partial charge is 0.162 e. The summed E-state index contributed by atoms with van der Waals surface area (Å²) in [4.78, 5) is 2.49. The van der Waals surface area contributed by atoms with Crippen LogP contribution in [0.15, 0.2) is 10.6 Å². The highest BCUT2D eigenvalue weighted by Gasteiger charge is 2.20. The highest BCUT2D eigenvalue weighted by atomic mass is 16.5. The van der Waals surface area contributed by atoms with Crippen LogP contribution in [-0.4, -0.2) is 42.8 Å². The molecule has 1 aromatic rings. The molecule has 2 rings (SSSR count). The molecule has 5 nitrogen and oxygen atoms in total. The lowest BCUT2D eigenvalue weighted by atomic mass is 9.97. The van der Waals surface area contributed by atoms with Gasteiger partial charge >= 0.3 is 0 Å². The van der Waals surface area contributed by atoms with Crippen molar-refractivity contribution in [1.29, 1.82) is 0 Å². The van der Waals surface area contributed by atoms with E-state index in [1.54, 1.807) is 7.11 Å². The second-order valence-corrected chi connectivity index (χ2v) is 5.93. The van der Waals surface area contributed by atoms with Gasteiger partial charge in [0, 0.05) is 32.3 Å². The molecule has 0 aromatic carbocycles. The number of piperidine rings is 1. The van der Waals surface area contributed by atoms with E-state index >= 15 is 0 Å². The molecule has 1 aliphatic rings. The first kappa shape index (κ1) is 15.5. The Hall–Kier alpha value is -0.910. The van der Waals surface area contributed by atoms with Crippen LogP contribution in [0.25, 0.3) is 0 Å². The summed E-state index contributed by atoms with van der Waals surface area (Å²) in [7, 11) is 1.67. The third-order valence-electron chi connectivity index (χ3n) is 3.94. The van der Waals surface area contributed by atoms with Crippen molar-refractivity contribution >= 4 is 0 Å². The van der Waals surface area contributed by atoms with Gasteiger partial charge in [0.05, 0.1) is 5.69 Å². The van der Waals surface area contributed by atoms with Crippen LogP contribution in [0.3, 0.4) is 0 Å². The maximum absolute atomic E-state index is 5.26. The van der Waals surface area contributed by atoms with Crippen LogP contribution in [0.1, 0.15) is 38.1 Å². The number of nitrogens with zero attached hydrogens (tertiary/aromatic N) is 2. The molecule has 0 bridgehead atoms. The zero-order chi connectivity index (χ0) is 14.4. The molecular weight excluding hydrogens is 254 g/mol. The first-order valence-electron chi connectivity index (χ1n) is 7.57. The van der Waals surface area contributed by atoms with E-state index in [1.807, 2.05) is 6.07 Å². The minimum Gasteiger partial charge on any atom is -0.377 e. The minimum absolute atomic E-state index is 0.489. The van der Waals surface area contributed by atoms with Gasteiger partial charge < -0.3 is 14.6 Å². The Morgan fingerprint density at radius 1 is 1.45 bits per heavy atom. The number of hydrogen-bond donors (Lipinski definition) is 1. The van der Waals surface area contributed by atoms with E-state index in [0.717, 1.165) is 43.6 Å². The van der Waals surface area contributed by atoms with Crippen LogP contribution >= 0.6 is 0 Å². The van der Waals surface area contributed by atoms with Gasteiger partial charge in [-0.3, -0.25) is 4.90 Å². The second kappa shape index (κ2) is 7.76. The molecule has 0 saturated carbocycles. The molecule has 2 heterocycles. The standard InChI is InChI=1S/C15H27N3O2/c1-12(2)18(9-13-4-6-16-7-5-13)10-14-8-15(11-19-3)20-17-14/h8,12-13,16H,4-7,9-11H2,1-3H3. The Balaban J connectivity index is 1.90. The van der Waals surface area contributed by atoms with Gasteiger partial charge in [0.15, 0.2) is 5.76 Å². The first-order chi connectivity index (χ1) is 9.69. The quantitative estimate of drug-likeness (QED) is 0.829. The van der Waals surface area contributed by atoms with Crippen molar-refractivity contribution < 1.29 is 9.26 Å². The fraction of sp³-hybridized carbons (Fsp3) is 0.800. The van der Waals surface area contributed by atoms with Gasteiger partial charge in [-0.2, -0.15) is 0 Å². The van der Waals surface area contributed by atoms with Crippen molar-refractivity contribution in [3.05, 3.63) is 17.5 Å². The average molecular weight is 281 g/mol. The molecule has 5 heteroatoms. The van der Waals surface area contributed by atoms with Gasteiger partial charge in [0.25, 0.3) is 0 Å². The van der Waals surface area contributed by atoms with Gasteiger partial charge in [0.1, 0.15) is 6.61 Å². The Labute approximate surface area is 121 Å². The van der Waals surface area contributed by atoms with Gasteiger partial charge in [-0.15, -0.1) is 0 Å². The normalized spacial score (nSPS) is 17.2. The summed E-state index contributed by atoms with van der Waals surface area (Å²) in [6.07, 6.45) is 2.55. The summed E-state index contributed by atoms with van der Waals surface area (Å²) in [5.41, 5.74) is 1.000. The molecule has 0 radical (unpaired) electrons. The van der Waals surface area contributed by atoms with E-state index in [1.165, 1.54) is 12.8 Å². The molecule has 1 N–H and O–H groups in total. The van der Waals surface area contributed by atoms with E-state index in [9.17, 15) is 0 Å². The highest BCUT2D eigenvalue weighted by Crippen LogP contribution is 2.17. The lowest BCUT2D eigenvalue weighted by Gasteiger charge is -2.32. The first-order valence-corrected chi connectivity index (χ1v) is 7.57. The molecule has 0 atom stereocenters. The summed E-state index contributed by atoms with van der Waals surface area (Å²) in [6.45, 7) is 9.29. The van der Waals surface area contributed by atoms with Crippen LogP contribution in [0.4, 0.5) is 0 Å². The minimum atomic E-state index is 0.489. The van der Waals surface area contributed by atoms with Crippen LogP contribution < -0.4 is 5.32 Å². The Kier molecular flexibility index (Phi) is 6.01. The summed E-state index contributed by atoms with van der Waals surface area (Å²) in [6, 6.07) is 2.52. The molecule has 1 fully saturated rings. The lowest BCUT2D eigenvalue weighted by molar-refractivity contribution is 0.151. The molecule has 0 amide bonds. The van der Waals surface area contributed by atoms with Gasteiger partial charge in [-0.1, -0.05) is 5.16 Å². The van der Waals surface area contributed by atoms with Crippen LogP contribution in [0.2, 0.25) is 0 Å². The fourth-order valence-electron chi connectivity index (χ4n) is 2.70. The van der Waals surface area contributed by atoms with Crippen LogP contribution in [0, 0.1) is 5.92 Å². The van der Waals surface area contributed by atoms with Crippen molar-refractivity contribution in [2.24, 2.45) is 5.92 Å². The molecule has 0 unspecified atom stereocenters. The van der Waals surface area contributed by atoms with E-state index in [2.05, 4.69) is 29.2 Å². The summed E-state index contributed by atoms with van der Waals surface area (Å²) < 4.78 is 10.3. The Bertz CT molecular complexity index is 386. The predicted octanol–water partition coefficient (Wildman–Crippen LogP) is 2.03. The Morgan fingerprint density at radius 2 is 2.20 bits per heavy atom. The van der Waals surface area contributed by atoms with Crippen molar-refractivity contribution in [3.8, 4) is 0 Å². The number of hydrogen-bond acceptors (Lipinski definition) is 5. The van der Waals surface area contributed by atoms with Crippen LogP contribution in [0.5, 0.6) is 0 Å². The molecule has 114 valence electrons. The average Bonchev–Trinajstić information content (AvgIpc) is 2.87. The van der Waals surface area contributed by atoms with Gasteiger partial charge in [0.2, 0.25) is 0 Å². The maximum atomic E-state index is 5.26. The van der Waals surface area contributed by atoms with E-state index < -0.39 is 0 Å². The molecule has 0 aliphatic carbocycles. The van der Waals surface area contributed by atoms with E-state index in [0.29, 0.717) is 12.6 Å². The van der Waals surface area contributed by atoms with Crippen molar-refractivity contribution in [1.82, 2.24) is 15.4 Å². The van der Waals surface area contributed by atoms with E-state index in [-0.39, 0.29) is 0 Å². The maximum Gasteiger partial charge on any atom is 0.162 e. The number of nitrogens with one attached hydrogen (secondary N) is 1. The Morgan fingerprint density at radius 3 is 2.85 bits per heavy atom. The topological polar surface area (TPSA) is 50.5 Å². The third-order valence-corrected chi connectivity index (χ3v) is 3.94. The third kappa shape index (κ3) is 4.58. The molecule has 0 spiro atoms. The van der Waals surface area contributed by atoms with Crippen LogP contribution in [-0.2, 0) is 17.9 Å². The number of aromatic nitrogens is 1. The molecule has 1 aromatic heterocycles. The van der Waals surface area contributed by atoms with Gasteiger partial charge in [-0.05, 0) is 45.7 Å². The van der Waals surface area contributed by atoms with Crippen molar-refractivity contribution in [2.75, 3.05) is 26.7 Å². The zero-order valence-electron chi connectivity index (χ0n) is 12.9. The monoisotopic (exact) mass is 281 g/mol. The fourth-order valence-corrected chi connectivity index (χ4v) is 2.70. The summed E-state index contributed by atoms with van der Waals surface area (Å²) >= 11 is 0. The van der Waals surface area contributed by atoms with E-state index in [4.69, 9.17) is 9.26 Å². The number of methoxy groups -OCH3 is 1. The molecular formula is C15H27N3O2. The van der Waals surface area contributed by atoms with Crippen molar-refractivity contribution in [2.45, 2.75) is 45.9 Å². The zero-order valence-corrected chi connectivity index (χ0v) is 12.9. The second-order valence-electron chi connectivity index (χ2n) is 5.93. The number of rotatable bonds is 7. The lowest BCUT2D eigenvalue weighted by Crippen LogP contribution is -2.39. The molecule has 20 heavy (non-hydrogen) atoms. The summed E-state index contributed by atoms with van der Waals surface area (Å²) in [5, 5.41) is 7.57.